The molecule has 0 bridgehead atoms. The zero-order chi connectivity index (χ0) is 15.1. The maximum absolute atomic E-state index is 12.4. The molecule has 1 aromatic carbocycles. The Balaban J connectivity index is 1.63. The first-order chi connectivity index (χ1) is 10.1. The number of halogens is 3. The van der Waals surface area contributed by atoms with Gasteiger partial charge in [0.25, 0.3) is 0 Å². The molecule has 2 rings (SSSR count). The monoisotopic (exact) mass is 315 g/mol. The van der Waals surface area contributed by atoms with E-state index in [0.29, 0.717) is 0 Å². The molecule has 1 nitrogen and oxygen atoms in total. The maximum atomic E-state index is 12.4. The van der Waals surface area contributed by atoms with Crippen LogP contribution < -0.4 is 5.32 Å². The lowest BCUT2D eigenvalue weighted by Crippen LogP contribution is -2.04. The minimum Gasteiger partial charge on any atom is -0.303 e. The summed E-state index contributed by atoms with van der Waals surface area (Å²) in [4.78, 5) is 1.43. The van der Waals surface area contributed by atoms with Crippen LogP contribution in [0.25, 0.3) is 0 Å². The SMILES string of the molecule is FC(F)(F)c1ccc(CCCCCC=C2CNCS2)cc1. The van der Waals surface area contributed by atoms with Gasteiger partial charge in [-0.1, -0.05) is 24.6 Å². The fraction of sp³-hybridized carbons (Fsp3) is 0.500. The number of aryl methyl sites for hydroxylation is 1. The lowest BCUT2D eigenvalue weighted by atomic mass is 10.0. The molecular weight excluding hydrogens is 295 g/mol. The van der Waals surface area contributed by atoms with Gasteiger partial charge in [-0.2, -0.15) is 13.2 Å². The lowest BCUT2D eigenvalue weighted by molar-refractivity contribution is -0.137. The van der Waals surface area contributed by atoms with Crippen LogP contribution in [-0.2, 0) is 12.6 Å². The van der Waals surface area contributed by atoms with Gasteiger partial charge in [-0.3, -0.25) is 0 Å². The predicted molar refractivity (Wildman–Crippen MR) is 82.2 cm³/mol. The Morgan fingerprint density at radius 3 is 2.48 bits per heavy atom. The van der Waals surface area contributed by atoms with E-state index in [0.717, 1.165) is 50.1 Å². The first-order valence-electron chi connectivity index (χ1n) is 7.24. The zero-order valence-electron chi connectivity index (χ0n) is 11.9. The highest BCUT2D eigenvalue weighted by Gasteiger charge is 2.29. The van der Waals surface area contributed by atoms with Gasteiger partial charge in [-0.15, -0.1) is 11.8 Å². The van der Waals surface area contributed by atoms with Gasteiger partial charge < -0.3 is 5.32 Å². The third-order valence-electron chi connectivity index (χ3n) is 3.48. The van der Waals surface area contributed by atoms with E-state index in [2.05, 4.69) is 11.4 Å². The molecule has 1 heterocycles. The van der Waals surface area contributed by atoms with Crippen molar-refractivity contribution >= 4 is 11.8 Å². The Labute approximate surface area is 128 Å². The van der Waals surface area contributed by atoms with Crippen LogP contribution in [0.5, 0.6) is 0 Å². The maximum Gasteiger partial charge on any atom is 0.416 e. The molecule has 116 valence electrons. The third-order valence-corrected chi connectivity index (χ3v) is 4.51. The molecule has 5 heteroatoms. The fourth-order valence-corrected chi connectivity index (χ4v) is 3.10. The van der Waals surface area contributed by atoms with E-state index in [4.69, 9.17) is 0 Å². The van der Waals surface area contributed by atoms with Crippen molar-refractivity contribution in [3.63, 3.8) is 0 Å². The number of benzene rings is 1. The summed E-state index contributed by atoms with van der Waals surface area (Å²) in [7, 11) is 0. The van der Waals surface area contributed by atoms with Gasteiger partial charge >= 0.3 is 6.18 Å². The average molecular weight is 315 g/mol. The molecule has 0 radical (unpaired) electrons. The summed E-state index contributed by atoms with van der Waals surface area (Å²) in [6.45, 7) is 0.996. The first-order valence-corrected chi connectivity index (χ1v) is 8.23. The van der Waals surface area contributed by atoms with Crippen molar-refractivity contribution in [2.75, 3.05) is 12.4 Å². The van der Waals surface area contributed by atoms with Gasteiger partial charge in [0.15, 0.2) is 0 Å². The van der Waals surface area contributed by atoms with Crippen molar-refractivity contribution < 1.29 is 13.2 Å². The number of unbranched alkanes of at least 4 members (excludes halogenated alkanes) is 3. The van der Waals surface area contributed by atoms with Crippen LogP contribution in [0, 0.1) is 0 Å². The Kier molecular flexibility index (Phi) is 6.18. The second-order valence-electron chi connectivity index (χ2n) is 5.18. The number of alkyl halides is 3. The van der Waals surface area contributed by atoms with Gasteiger partial charge in [0, 0.05) is 12.4 Å². The summed E-state index contributed by atoms with van der Waals surface area (Å²) >= 11 is 1.86. The van der Waals surface area contributed by atoms with E-state index in [-0.39, 0.29) is 0 Å². The molecule has 21 heavy (non-hydrogen) atoms. The molecule has 0 atom stereocenters. The number of hydrogen-bond donors (Lipinski definition) is 1. The molecule has 0 aromatic heterocycles. The lowest BCUT2D eigenvalue weighted by Gasteiger charge is -2.07. The first kappa shape index (κ1) is 16.4. The van der Waals surface area contributed by atoms with Crippen LogP contribution in [-0.4, -0.2) is 12.4 Å². The molecule has 0 aliphatic carbocycles. The van der Waals surface area contributed by atoms with Crippen molar-refractivity contribution in [2.45, 2.75) is 38.3 Å². The van der Waals surface area contributed by atoms with Crippen molar-refractivity contribution in [2.24, 2.45) is 0 Å². The molecular formula is C16H20F3NS. The smallest absolute Gasteiger partial charge is 0.303 e. The summed E-state index contributed by atoms with van der Waals surface area (Å²) in [5.41, 5.74) is 0.414. The van der Waals surface area contributed by atoms with Crippen molar-refractivity contribution in [1.82, 2.24) is 5.32 Å². The highest BCUT2D eigenvalue weighted by Crippen LogP contribution is 2.29. The van der Waals surface area contributed by atoms with Gasteiger partial charge in [0.2, 0.25) is 0 Å². The molecule has 1 fully saturated rings. The quantitative estimate of drug-likeness (QED) is 0.743. The Bertz CT molecular complexity index is 457. The summed E-state index contributed by atoms with van der Waals surface area (Å²) < 4.78 is 37.3. The normalized spacial score (nSPS) is 17.6. The average Bonchev–Trinajstić information content (AvgIpc) is 2.95. The molecule has 0 spiro atoms. The van der Waals surface area contributed by atoms with Gasteiger partial charge in [0.05, 0.1) is 5.56 Å². The third kappa shape index (κ3) is 5.75. The second kappa shape index (κ2) is 7.90. The van der Waals surface area contributed by atoms with Crippen molar-refractivity contribution in [3.8, 4) is 0 Å². The van der Waals surface area contributed by atoms with Crippen molar-refractivity contribution in [3.05, 3.63) is 46.4 Å². The second-order valence-corrected chi connectivity index (χ2v) is 6.28. The Hall–Kier alpha value is -0.940. The Morgan fingerprint density at radius 1 is 1.10 bits per heavy atom. The molecule has 1 aliphatic heterocycles. The number of rotatable bonds is 6. The molecule has 0 saturated carbocycles. The highest BCUT2D eigenvalue weighted by molar-refractivity contribution is 8.03. The van der Waals surface area contributed by atoms with E-state index in [1.807, 2.05) is 11.8 Å². The van der Waals surface area contributed by atoms with Crippen LogP contribution in [0.15, 0.2) is 35.2 Å². The van der Waals surface area contributed by atoms with E-state index in [1.165, 1.54) is 17.0 Å². The van der Waals surface area contributed by atoms with Gasteiger partial charge in [0.1, 0.15) is 0 Å². The van der Waals surface area contributed by atoms with Crippen molar-refractivity contribution in [1.29, 1.82) is 0 Å². The van der Waals surface area contributed by atoms with E-state index in [9.17, 15) is 13.2 Å². The van der Waals surface area contributed by atoms with Gasteiger partial charge in [-0.05, 0) is 48.3 Å². The van der Waals surface area contributed by atoms with Crippen LogP contribution in [0.1, 0.15) is 36.8 Å². The van der Waals surface area contributed by atoms with E-state index < -0.39 is 11.7 Å². The summed E-state index contributed by atoms with van der Waals surface area (Å²) in [6, 6.07) is 5.52. The Morgan fingerprint density at radius 2 is 1.86 bits per heavy atom. The standard InChI is InChI=1S/C16H20F3NS/c17-16(18,19)14-9-7-13(8-10-14)5-3-1-2-4-6-15-11-20-12-21-15/h6-10,20H,1-5,11-12H2. The number of allylic oxidation sites excluding steroid dienone is 1. The van der Waals surface area contributed by atoms with Gasteiger partial charge in [-0.25, -0.2) is 0 Å². The fourth-order valence-electron chi connectivity index (χ4n) is 2.27. The summed E-state index contributed by atoms with van der Waals surface area (Å²) in [5.74, 6) is 1.01. The molecule has 0 amide bonds. The number of thioether (sulfide) groups is 1. The van der Waals surface area contributed by atoms with E-state index >= 15 is 0 Å². The largest absolute Gasteiger partial charge is 0.416 e. The topological polar surface area (TPSA) is 12.0 Å². The molecule has 0 unspecified atom stereocenters. The highest BCUT2D eigenvalue weighted by atomic mass is 32.2. The van der Waals surface area contributed by atoms with Crippen LogP contribution >= 0.6 is 11.8 Å². The van der Waals surface area contributed by atoms with Crippen LogP contribution in [0.2, 0.25) is 0 Å². The predicted octanol–water partition coefficient (Wildman–Crippen LogP) is 4.99. The molecule has 1 aromatic rings. The van der Waals surface area contributed by atoms with E-state index in [1.54, 1.807) is 12.1 Å². The van der Waals surface area contributed by atoms with Crippen LogP contribution in [0.4, 0.5) is 13.2 Å². The molecule has 1 N–H and O–H groups in total. The molecule has 1 aliphatic rings. The summed E-state index contributed by atoms with van der Waals surface area (Å²) in [5, 5.41) is 3.28. The van der Waals surface area contributed by atoms with Crippen LogP contribution in [0.3, 0.4) is 0 Å². The number of nitrogens with one attached hydrogen (secondary N) is 1. The minimum absolute atomic E-state index is 0.569. The minimum atomic E-state index is -4.24. The number of hydrogen-bond acceptors (Lipinski definition) is 2. The zero-order valence-corrected chi connectivity index (χ0v) is 12.7. The molecule has 1 saturated heterocycles. The summed E-state index contributed by atoms with van der Waals surface area (Å²) in [6.07, 6.45) is 3.29.